The van der Waals surface area contributed by atoms with Gasteiger partial charge in [-0.2, -0.15) is 12.6 Å². The summed E-state index contributed by atoms with van der Waals surface area (Å²) in [6, 6.07) is 0. The molecule has 0 aromatic heterocycles. The third-order valence-corrected chi connectivity index (χ3v) is 13.9. The molecule has 73 heavy (non-hydrogen) atoms. The minimum Gasteiger partial charge on any atom is -0.394 e. The van der Waals surface area contributed by atoms with Crippen LogP contribution in [0.2, 0.25) is 0 Å². The van der Waals surface area contributed by atoms with Crippen LogP contribution in [0.5, 0.6) is 0 Å². The van der Waals surface area contributed by atoms with Gasteiger partial charge in [-0.3, -0.25) is 9.59 Å². The SMILES string of the molecule is CC1C(OC2C(O)C(CO)OC(OC3C(CO)OC(OC4C(CO)OC(OCCCCCC[C@H](C)C(=O)NCNC(=O)CS)C(O)C4O)C(O)C3O)C2O)OC(CO)C(O)C1OC1OC(CO)C(O)C(O)C1O. The van der Waals surface area contributed by atoms with Crippen LogP contribution < -0.4 is 10.6 Å². The molecule has 5 aliphatic heterocycles. The van der Waals surface area contributed by atoms with E-state index in [4.69, 9.17) is 47.4 Å². The van der Waals surface area contributed by atoms with Crippen LogP contribution in [0.15, 0.2) is 0 Å². The minimum absolute atomic E-state index is 0.00200. The molecule has 5 heterocycles. The summed E-state index contributed by atoms with van der Waals surface area (Å²) in [6.45, 7) is -1.05. The summed E-state index contributed by atoms with van der Waals surface area (Å²) in [6.07, 6.45) is -38.2. The standard InChI is InChI=1S/C43H76N2O27S/c1-16(38(62)45-15-44-23(51)14-73)7-5-3-4-6-8-63-40-31(59)28(56)35(21(12-49)67-40)70-42-32(60)29(57)36(22(13-50)68-42)71-43-33(61)37(26(54)20(11-48)66-43)72-39-17(2)34(25(53)19(10-47)64-39)69-41-30(58)27(55)24(52)18(9-46)65-41/h16-22,24-37,39-43,46-50,52-61,73H,3-15H2,1-2H3,(H,44,51)(H,45,62)/t16-,17?,18?,19?,20?,21?,22?,24?,25?,26?,27?,28?,29?,30?,31?,32?,33?,34?,35?,36?,37?,39?,40?,41?,42?,43?/m0/s1. The third kappa shape index (κ3) is 15.3. The zero-order valence-corrected chi connectivity index (χ0v) is 41.2. The van der Waals surface area contributed by atoms with Gasteiger partial charge >= 0.3 is 0 Å². The molecule has 25 unspecified atom stereocenters. The van der Waals surface area contributed by atoms with Gasteiger partial charge in [0.15, 0.2) is 31.5 Å². The molecule has 0 saturated carbocycles. The van der Waals surface area contributed by atoms with Gasteiger partial charge in [-0.25, -0.2) is 0 Å². The Balaban J connectivity index is 1.15. The number of thiol groups is 1. The summed E-state index contributed by atoms with van der Waals surface area (Å²) in [5.41, 5.74) is 0. The number of nitrogens with one attached hydrogen (secondary N) is 2. The van der Waals surface area contributed by atoms with Crippen LogP contribution in [0.25, 0.3) is 0 Å². The highest BCUT2D eigenvalue weighted by Crippen LogP contribution is 2.37. The first-order valence-corrected chi connectivity index (χ1v) is 24.9. The largest absolute Gasteiger partial charge is 0.394 e. The van der Waals surface area contributed by atoms with Crippen LogP contribution in [0.4, 0.5) is 0 Å². The van der Waals surface area contributed by atoms with E-state index in [1.165, 1.54) is 6.92 Å². The number of ether oxygens (including phenoxy) is 10. The molecule has 5 rings (SSSR count). The van der Waals surface area contributed by atoms with Gasteiger partial charge in [-0.05, 0) is 12.8 Å². The van der Waals surface area contributed by atoms with E-state index in [-0.39, 0.29) is 36.8 Å². The molecule has 0 aromatic rings. The Bertz CT molecular complexity index is 1650. The van der Waals surface area contributed by atoms with Crippen molar-refractivity contribution in [3.63, 3.8) is 0 Å². The van der Waals surface area contributed by atoms with Crippen LogP contribution in [0.3, 0.4) is 0 Å². The van der Waals surface area contributed by atoms with Crippen LogP contribution in [0.1, 0.15) is 46.0 Å². The van der Waals surface area contributed by atoms with Gasteiger partial charge in [0, 0.05) is 18.4 Å². The molecule has 0 spiro atoms. The Morgan fingerprint density at radius 3 is 1.45 bits per heavy atom. The molecule has 5 saturated heterocycles. The number of hydrogen-bond acceptors (Lipinski definition) is 28. The Morgan fingerprint density at radius 2 is 0.904 bits per heavy atom. The molecule has 29 nitrogen and oxygen atoms in total. The monoisotopic (exact) mass is 1080 g/mol. The van der Waals surface area contributed by atoms with Gasteiger partial charge in [-0.1, -0.05) is 33.1 Å². The van der Waals surface area contributed by atoms with Crippen molar-refractivity contribution in [2.24, 2.45) is 11.8 Å². The summed E-state index contributed by atoms with van der Waals surface area (Å²) < 4.78 is 57.3. The van der Waals surface area contributed by atoms with Crippen LogP contribution in [-0.2, 0) is 57.0 Å². The molecule has 0 radical (unpaired) electrons. The molecule has 17 N–H and O–H groups in total. The van der Waals surface area contributed by atoms with Crippen molar-refractivity contribution < 1.29 is 134 Å². The van der Waals surface area contributed by atoms with E-state index in [0.29, 0.717) is 25.7 Å². The van der Waals surface area contributed by atoms with E-state index in [0.717, 1.165) is 6.42 Å². The Hall–Kier alpha value is -1.71. The van der Waals surface area contributed by atoms with E-state index >= 15 is 0 Å². The first-order valence-electron chi connectivity index (χ1n) is 24.3. The van der Waals surface area contributed by atoms with Crippen molar-refractivity contribution in [2.75, 3.05) is 52.1 Å². The fourth-order valence-corrected chi connectivity index (χ4v) is 9.19. The lowest BCUT2D eigenvalue weighted by molar-refractivity contribution is -0.391. The highest BCUT2D eigenvalue weighted by atomic mass is 32.1. The Morgan fingerprint density at radius 1 is 0.479 bits per heavy atom. The second-order valence-electron chi connectivity index (χ2n) is 18.7. The number of hydrogen-bond donors (Lipinski definition) is 18. The number of amides is 2. The zero-order chi connectivity index (χ0) is 53.8. The first-order chi connectivity index (χ1) is 34.8. The van der Waals surface area contributed by atoms with Gasteiger partial charge in [0.1, 0.15) is 110 Å². The van der Waals surface area contributed by atoms with Crippen molar-refractivity contribution >= 4 is 24.4 Å². The lowest BCUT2D eigenvalue weighted by Crippen LogP contribution is -2.67. The smallest absolute Gasteiger partial charge is 0.231 e. The molecule has 426 valence electrons. The minimum atomic E-state index is -2.07. The number of unbranched alkanes of at least 4 members (excludes halogenated alkanes) is 3. The van der Waals surface area contributed by atoms with Gasteiger partial charge in [-0.15, -0.1) is 0 Å². The topological polar surface area (TPSA) is 454 Å². The van der Waals surface area contributed by atoms with Crippen LogP contribution in [-0.4, -0.2) is 288 Å². The van der Waals surface area contributed by atoms with Gasteiger partial charge in [0.2, 0.25) is 11.8 Å². The van der Waals surface area contributed by atoms with Crippen molar-refractivity contribution in [3.05, 3.63) is 0 Å². The molecule has 5 aliphatic rings. The number of aliphatic hydroxyl groups excluding tert-OH is 15. The molecule has 5 fully saturated rings. The predicted molar refractivity (Wildman–Crippen MR) is 241 cm³/mol. The fraction of sp³-hybridized carbons (Fsp3) is 0.953. The highest BCUT2D eigenvalue weighted by molar-refractivity contribution is 7.81. The number of aliphatic hydroxyl groups is 15. The normalized spacial score (nSPS) is 43.8. The molecule has 0 aromatic carbocycles. The zero-order valence-electron chi connectivity index (χ0n) is 40.3. The van der Waals surface area contributed by atoms with Crippen LogP contribution in [0, 0.1) is 11.8 Å². The maximum Gasteiger partial charge on any atom is 0.231 e. The summed E-state index contributed by atoms with van der Waals surface area (Å²) in [4.78, 5) is 23.5. The molecule has 30 heteroatoms. The van der Waals surface area contributed by atoms with E-state index in [1.54, 1.807) is 6.92 Å². The number of rotatable bonds is 25. The summed E-state index contributed by atoms with van der Waals surface area (Å²) in [7, 11) is 0. The second kappa shape index (κ2) is 29.3. The predicted octanol–water partition coefficient (Wildman–Crippen LogP) is -8.92. The van der Waals surface area contributed by atoms with E-state index in [2.05, 4.69) is 23.3 Å². The van der Waals surface area contributed by atoms with Crippen molar-refractivity contribution in [1.29, 1.82) is 0 Å². The molecule has 0 bridgehead atoms. The van der Waals surface area contributed by atoms with Crippen molar-refractivity contribution in [1.82, 2.24) is 10.6 Å². The van der Waals surface area contributed by atoms with Gasteiger partial charge < -0.3 is 135 Å². The third-order valence-electron chi connectivity index (χ3n) is 13.6. The summed E-state index contributed by atoms with van der Waals surface area (Å²) >= 11 is 3.85. The second-order valence-corrected chi connectivity index (χ2v) is 19.1. The summed E-state index contributed by atoms with van der Waals surface area (Å²) in [5, 5.41) is 165. The quantitative estimate of drug-likeness (QED) is 0.0229. The maximum atomic E-state index is 12.2. The van der Waals surface area contributed by atoms with E-state index in [9.17, 15) is 86.2 Å². The Kier molecular flexibility index (Phi) is 25.0. The van der Waals surface area contributed by atoms with Crippen molar-refractivity contribution in [3.8, 4) is 0 Å². The highest BCUT2D eigenvalue weighted by Gasteiger charge is 2.56. The molecule has 26 atom stereocenters. The van der Waals surface area contributed by atoms with Crippen LogP contribution >= 0.6 is 12.6 Å². The van der Waals surface area contributed by atoms with Gasteiger partial charge in [0.25, 0.3) is 0 Å². The molecular weight excluding hydrogens is 1010 g/mol. The lowest BCUT2D eigenvalue weighted by Gasteiger charge is -2.50. The number of carbonyl (C=O) groups is 2. The average Bonchev–Trinajstić information content (AvgIpc) is 3.38. The van der Waals surface area contributed by atoms with Gasteiger partial charge in [0.05, 0.1) is 51.6 Å². The first kappa shape index (κ1) is 62.1. The van der Waals surface area contributed by atoms with E-state index in [1.807, 2.05) is 0 Å². The van der Waals surface area contributed by atoms with Crippen molar-refractivity contribution in [2.45, 2.75) is 193 Å². The Labute approximate surface area is 425 Å². The number of carbonyl (C=O) groups excluding carboxylic acids is 2. The summed E-state index contributed by atoms with van der Waals surface area (Å²) in [5.74, 6) is -1.94. The molecule has 2 amide bonds. The molecule has 0 aliphatic carbocycles. The molecular formula is C43H76N2O27S. The fourth-order valence-electron chi connectivity index (χ4n) is 9.08. The average molecular weight is 1090 g/mol. The van der Waals surface area contributed by atoms with E-state index < -0.39 is 186 Å². The lowest BCUT2D eigenvalue weighted by atomic mass is 9.91. The maximum absolute atomic E-state index is 12.2.